The average molecular weight is 279 g/mol. The van der Waals surface area contributed by atoms with E-state index >= 15 is 0 Å². The molecule has 102 valence electrons. The third-order valence-electron chi connectivity index (χ3n) is 4.43. The van der Waals surface area contributed by atoms with Crippen LogP contribution in [0.5, 0.6) is 0 Å². The first-order valence-electron chi connectivity index (χ1n) is 6.87. The van der Waals surface area contributed by atoms with Gasteiger partial charge in [0.25, 0.3) is 0 Å². The number of amides is 1. The summed E-state index contributed by atoms with van der Waals surface area (Å²) in [6.45, 7) is 2.27. The summed E-state index contributed by atoms with van der Waals surface area (Å²) < 4.78 is 0. The number of carbonyl (C=O) groups excluding carboxylic acids is 1. The van der Waals surface area contributed by atoms with Crippen molar-refractivity contribution in [3.63, 3.8) is 0 Å². The molecule has 1 aliphatic carbocycles. The maximum absolute atomic E-state index is 12.0. The van der Waals surface area contributed by atoms with Crippen molar-refractivity contribution in [1.29, 1.82) is 0 Å². The number of hydrogen-bond acceptors (Lipinski definition) is 2. The summed E-state index contributed by atoms with van der Waals surface area (Å²) in [5.41, 5.74) is 7.15. The van der Waals surface area contributed by atoms with Gasteiger partial charge in [0.15, 0.2) is 0 Å². The molecule has 0 radical (unpaired) electrons. The second kappa shape index (κ2) is 4.80. The van der Waals surface area contributed by atoms with Crippen LogP contribution in [0.2, 0.25) is 5.02 Å². The summed E-state index contributed by atoms with van der Waals surface area (Å²) in [6, 6.07) is 8.06. The molecule has 19 heavy (non-hydrogen) atoms. The molecule has 1 aromatic carbocycles. The minimum absolute atomic E-state index is 0.170. The average Bonchev–Trinajstić information content (AvgIpc) is 3.10. The molecule has 0 aromatic heterocycles. The topological polar surface area (TPSA) is 46.3 Å². The van der Waals surface area contributed by atoms with Crippen molar-refractivity contribution >= 4 is 17.5 Å². The zero-order valence-corrected chi connectivity index (χ0v) is 11.7. The van der Waals surface area contributed by atoms with Crippen LogP contribution in [0.1, 0.15) is 24.8 Å². The summed E-state index contributed by atoms with van der Waals surface area (Å²) in [5, 5.41) is 0.764. The highest BCUT2D eigenvalue weighted by Crippen LogP contribution is 2.49. The van der Waals surface area contributed by atoms with E-state index in [2.05, 4.69) is 12.1 Å². The minimum atomic E-state index is 0.170. The molecule has 0 spiro atoms. The zero-order valence-electron chi connectivity index (χ0n) is 10.9. The molecule has 1 atom stereocenters. The SMILES string of the molecule is NCC1CC(=O)N(CC2(c3ccc(Cl)cc3)CC2)C1. The Morgan fingerprint density at radius 3 is 2.53 bits per heavy atom. The highest BCUT2D eigenvalue weighted by Gasteiger charge is 2.47. The van der Waals surface area contributed by atoms with Crippen molar-refractivity contribution in [1.82, 2.24) is 4.90 Å². The van der Waals surface area contributed by atoms with E-state index in [1.807, 2.05) is 17.0 Å². The molecule has 4 heteroatoms. The molecule has 1 saturated heterocycles. The molecule has 1 unspecified atom stereocenters. The normalized spacial score (nSPS) is 24.8. The van der Waals surface area contributed by atoms with Crippen LogP contribution in [0.4, 0.5) is 0 Å². The number of likely N-dealkylation sites (tertiary alicyclic amines) is 1. The zero-order chi connectivity index (χ0) is 13.5. The molecule has 3 nitrogen and oxygen atoms in total. The largest absolute Gasteiger partial charge is 0.341 e. The predicted octanol–water partition coefficient (Wildman–Crippen LogP) is 2.18. The van der Waals surface area contributed by atoms with Crippen LogP contribution in [0.15, 0.2) is 24.3 Å². The number of hydrogen-bond donors (Lipinski definition) is 1. The van der Waals surface area contributed by atoms with Crippen LogP contribution in [-0.2, 0) is 10.2 Å². The molecular weight excluding hydrogens is 260 g/mol. The predicted molar refractivity (Wildman–Crippen MR) is 76.1 cm³/mol. The number of benzene rings is 1. The van der Waals surface area contributed by atoms with Gasteiger partial charge < -0.3 is 10.6 Å². The maximum atomic E-state index is 12.0. The summed E-state index contributed by atoms with van der Waals surface area (Å²) in [5.74, 6) is 0.601. The highest BCUT2D eigenvalue weighted by atomic mass is 35.5. The van der Waals surface area contributed by atoms with Crippen LogP contribution in [-0.4, -0.2) is 30.4 Å². The van der Waals surface area contributed by atoms with Crippen LogP contribution >= 0.6 is 11.6 Å². The van der Waals surface area contributed by atoms with Gasteiger partial charge in [-0.05, 0) is 43.0 Å². The lowest BCUT2D eigenvalue weighted by Gasteiger charge is -2.24. The van der Waals surface area contributed by atoms with Crippen LogP contribution in [0, 0.1) is 5.92 Å². The van der Waals surface area contributed by atoms with Crippen molar-refractivity contribution in [3.8, 4) is 0 Å². The molecule has 1 amide bonds. The first kappa shape index (κ1) is 12.9. The van der Waals surface area contributed by atoms with Gasteiger partial charge in [0, 0.05) is 29.9 Å². The van der Waals surface area contributed by atoms with E-state index in [1.165, 1.54) is 5.56 Å². The second-order valence-electron chi connectivity index (χ2n) is 5.87. The van der Waals surface area contributed by atoms with Crippen molar-refractivity contribution < 1.29 is 4.79 Å². The summed E-state index contributed by atoms with van der Waals surface area (Å²) in [7, 11) is 0. The minimum Gasteiger partial charge on any atom is -0.341 e. The molecule has 2 aliphatic rings. The van der Waals surface area contributed by atoms with E-state index in [-0.39, 0.29) is 11.3 Å². The number of halogens is 1. The Balaban J connectivity index is 1.72. The van der Waals surface area contributed by atoms with Crippen LogP contribution in [0.3, 0.4) is 0 Å². The van der Waals surface area contributed by atoms with Gasteiger partial charge in [0.05, 0.1) is 0 Å². The monoisotopic (exact) mass is 278 g/mol. The Kier molecular flexibility index (Phi) is 3.27. The molecule has 3 rings (SSSR count). The lowest BCUT2D eigenvalue weighted by molar-refractivity contribution is -0.128. The lowest BCUT2D eigenvalue weighted by Crippen LogP contribution is -2.34. The number of nitrogens with two attached hydrogens (primary N) is 1. The van der Waals surface area contributed by atoms with Crippen LogP contribution in [0.25, 0.3) is 0 Å². The van der Waals surface area contributed by atoms with Crippen molar-refractivity contribution in [2.24, 2.45) is 11.7 Å². The van der Waals surface area contributed by atoms with Gasteiger partial charge in [-0.15, -0.1) is 0 Å². The van der Waals surface area contributed by atoms with Gasteiger partial charge in [-0.3, -0.25) is 4.79 Å². The molecule has 1 heterocycles. The fourth-order valence-corrected chi connectivity index (χ4v) is 3.15. The van der Waals surface area contributed by atoms with E-state index < -0.39 is 0 Å². The second-order valence-corrected chi connectivity index (χ2v) is 6.30. The Morgan fingerprint density at radius 2 is 2.00 bits per heavy atom. The maximum Gasteiger partial charge on any atom is 0.223 e. The third-order valence-corrected chi connectivity index (χ3v) is 4.68. The van der Waals surface area contributed by atoms with Crippen molar-refractivity contribution in [2.75, 3.05) is 19.6 Å². The van der Waals surface area contributed by atoms with Gasteiger partial charge in [-0.2, -0.15) is 0 Å². The van der Waals surface area contributed by atoms with Crippen LogP contribution < -0.4 is 5.73 Å². The first-order valence-corrected chi connectivity index (χ1v) is 7.25. The molecule has 1 aliphatic heterocycles. The van der Waals surface area contributed by atoms with Gasteiger partial charge in [0.2, 0.25) is 5.91 Å². The van der Waals surface area contributed by atoms with E-state index in [9.17, 15) is 4.79 Å². The quantitative estimate of drug-likeness (QED) is 0.918. The summed E-state index contributed by atoms with van der Waals surface area (Å²) in [6.07, 6.45) is 2.94. The van der Waals surface area contributed by atoms with Gasteiger partial charge in [-0.1, -0.05) is 23.7 Å². The number of carbonyl (C=O) groups is 1. The molecule has 2 N–H and O–H groups in total. The first-order chi connectivity index (χ1) is 9.13. The summed E-state index contributed by atoms with van der Waals surface area (Å²) in [4.78, 5) is 14.0. The van der Waals surface area contributed by atoms with E-state index in [1.54, 1.807) is 0 Å². The Labute approximate surface area is 118 Å². The molecule has 1 saturated carbocycles. The van der Waals surface area contributed by atoms with Gasteiger partial charge in [0.1, 0.15) is 0 Å². The Morgan fingerprint density at radius 1 is 1.32 bits per heavy atom. The highest BCUT2D eigenvalue weighted by molar-refractivity contribution is 6.30. The fraction of sp³-hybridized carbons (Fsp3) is 0.533. The smallest absolute Gasteiger partial charge is 0.223 e. The molecule has 0 bridgehead atoms. The number of rotatable bonds is 4. The number of nitrogens with zero attached hydrogens (tertiary/aromatic N) is 1. The molecule has 1 aromatic rings. The van der Waals surface area contributed by atoms with Gasteiger partial charge in [-0.25, -0.2) is 0 Å². The third kappa shape index (κ3) is 2.49. The van der Waals surface area contributed by atoms with Crippen molar-refractivity contribution in [2.45, 2.75) is 24.7 Å². The standard InChI is InChI=1S/C15H19ClN2O/c16-13-3-1-12(2-4-13)15(5-6-15)10-18-9-11(8-17)7-14(18)19/h1-4,11H,5-10,17H2. The fourth-order valence-electron chi connectivity index (χ4n) is 3.02. The van der Waals surface area contributed by atoms with Crippen molar-refractivity contribution in [3.05, 3.63) is 34.9 Å². The van der Waals surface area contributed by atoms with E-state index in [0.717, 1.165) is 31.0 Å². The molecular formula is C15H19ClN2O. The van der Waals surface area contributed by atoms with E-state index in [4.69, 9.17) is 17.3 Å². The van der Waals surface area contributed by atoms with E-state index in [0.29, 0.717) is 18.9 Å². The Bertz CT molecular complexity index is 481. The van der Waals surface area contributed by atoms with Gasteiger partial charge >= 0.3 is 0 Å². The summed E-state index contributed by atoms with van der Waals surface area (Å²) >= 11 is 5.94. The Hall–Kier alpha value is -1.06. The lowest BCUT2D eigenvalue weighted by atomic mass is 9.95. The molecule has 2 fully saturated rings.